The summed E-state index contributed by atoms with van der Waals surface area (Å²) in [5.41, 5.74) is 0.440. The molecule has 0 aromatic heterocycles. The Kier molecular flexibility index (Phi) is 10.5. The van der Waals surface area contributed by atoms with Crippen LogP contribution in [-0.2, 0) is 0 Å². The summed E-state index contributed by atoms with van der Waals surface area (Å²) in [6, 6.07) is 3.84. The second-order valence-electron chi connectivity index (χ2n) is 20.3. The van der Waals surface area contributed by atoms with Gasteiger partial charge in [-0.2, -0.15) is 0 Å². The number of nitrogens with one attached hydrogen (secondary N) is 3. The first-order chi connectivity index (χ1) is 24.9. The van der Waals surface area contributed by atoms with Crippen LogP contribution in [-0.4, -0.2) is 52.9 Å². The number of rotatable bonds is 6. The molecule has 9 aliphatic rings. The van der Waals surface area contributed by atoms with E-state index in [1.165, 1.54) is 116 Å². The van der Waals surface area contributed by atoms with E-state index in [0.717, 1.165) is 59.8 Å². The standard InChI is InChI=1S/C47H74N4/c1-31-19-22-37(41(27-31)50-46-45(33-13-6-4-7-14-33)48-42-28-32(2)20-23-40(42)49-46)36-16-12-15-34(29-36)35-21-24-44-39(30-35)38-17-8-9-18-43(38)51(44)47(3)25-10-5-11-26-47/h4,6-7,12-13,16,21,24,31-46,48-50H,5,8-11,14-15,17-20,22-23,25-30H2,1-3H3. The van der Waals surface area contributed by atoms with Gasteiger partial charge in [-0.25, -0.2) is 0 Å². The SMILES string of the molecule is CC1CCC2NC(NC3CC(C)CCC3C3C=CCC(C4C=CC5C(C4)C4CCCCC4N5C4(C)CCCCC4)C3)C(C3C=CC=CC3)NC2C1. The van der Waals surface area contributed by atoms with E-state index < -0.39 is 0 Å². The summed E-state index contributed by atoms with van der Waals surface area (Å²) in [7, 11) is 0. The van der Waals surface area contributed by atoms with Gasteiger partial charge in [0.05, 0.1) is 6.17 Å². The Morgan fingerprint density at radius 3 is 2.33 bits per heavy atom. The van der Waals surface area contributed by atoms with Gasteiger partial charge in [0.15, 0.2) is 0 Å². The number of fused-ring (bicyclic) bond motifs is 4. The Morgan fingerprint density at radius 1 is 0.627 bits per heavy atom. The molecule has 4 heteroatoms. The lowest BCUT2D eigenvalue weighted by molar-refractivity contribution is 0.0144. The van der Waals surface area contributed by atoms with Crippen LogP contribution in [0, 0.1) is 53.3 Å². The molecule has 16 unspecified atom stereocenters. The first-order valence-electron chi connectivity index (χ1n) is 22.7. The van der Waals surface area contributed by atoms with Crippen LogP contribution in [0.1, 0.15) is 143 Å². The average molecular weight is 695 g/mol. The molecule has 0 spiro atoms. The van der Waals surface area contributed by atoms with Crippen LogP contribution in [0.2, 0.25) is 0 Å². The Labute approximate surface area is 312 Å². The van der Waals surface area contributed by atoms with Crippen LogP contribution in [0.4, 0.5) is 0 Å². The molecule has 2 saturated heterocycles. The van der Waals surface area contributed by atoms with Crippen LogP contribution < -0.4 is 16.0 Å². The molecular formula is C47H74N4. The Balaban J connectivity index is 0.907. The van der Waals surface area contributed by atoms with E-state index in [1.807, 2.05) is 0 Å². The van der Waals surface area contributed by atoms with Crippen molar-refractivity contribution in [1.82, 2.24) is 20.9 Å². The molecule has 51 heavy (non-hydrogen) atoms. The number of piperazine rings is 1. The van der Waals surface area contributed by atoms with Gasteiger partial charge >= 0.3 is 0 Å². The van der Waals surface area contributed by atoms with Gasteiger partial charge in [-0.15, -0.1) is 0 Å². The molecule has 0 bridgehead atoms. The van der Waals surface area contributed by atoms with Crippen molar-refractivity contribution in [3.05, 3.63) is 48.6 Å². The minimum atomic E-state index is 0.347. The van der Waals surface area contributed by atoms with E-state index in [4.69, 9.17) is 0 Å². The maximum atomic E-state index is 4.44. The van der Waals surface area contributed by atoms with Gasteiger partial charge in [0.25, 0.3) is 0 Å². The van der Waals surface area contributed by atoms with Gasteiger partial charge in [-0.05, 0) is 144 Å². The molecule has 9 rings (SSSR count). The topological polar surface area (TPSA) is 39.3 Å². The summed E-state index contributed by atoms with van der Waals surface area (Å²) in [6.45, 7) is 7.67. The molecule has 7 aliphatic carbocycles. The van der Waals surface area contributed by atoms with Crippen molar-refractivity contribution >= 4 is 0 Å². The molecule has 0 amide bonds. The molecule has 0 radical (unpaired) electrons. The van der Waals surface area contributed by atoms with Crippen LogP contribution >= 0.6 is 0 Å². The fourth-order valence-electron chi connectivity index (χ4n) is 14.3. The van der Waals surface area contributed by atoms with E-state index in [2.05, 4.69) is 90.2 Å². The Bertz CT molecular complexity index is 1310. The first kappa shape index (κ1) is 35.5. The highest BCUT2D eigenvalue weighted by molar-refractivity contribution is 5.20. The van der Waals surface area contributed by atoms with Crippen molar-refractivity contribution < 1.29 is 0 Å². The number of nitrogens with zero attached hydrogens (tertiary/aromatic N) is 1. The highest BCUT2D eigenvalue weighted by Crippen LogP contribution is 2.55. The smallest absolute Gasteiger partial charge is 0.0741 e. The lowest BCUT2D eigenvalue weighted by atomic mass is 9.64. The molecule has 16 atom stereocenters. The number of hydrogen-bond donors (Lipinski definition) is 3. The summed E-state index contributed by atoms with van der Waals surface area (Å²) in [4.78, 5) is 3.16. The summed E-state index contributed by atoms with van der Waals surface area (Å²) in [6.07, 6.45) is 47.3. The number of allylic oxidation sites excluding steroid dienone is 6. The van der Waals surface area contributed by atoms with Gasteiger partial charge in [0.2, 0.25) is 0 Å². The minimum absolute atomic E-state index is 0.347. The monoisotopic (exact) mass is 695 g/mol. The van der Waals surface area contributed by atoms with Gasteiger partial charge in [0, 0.05) is 41.8 Å². The lowest BCUT2D eigenvalue weighted by Crippen LogP contribution is -2.73. The van der Waals surface area contributed by atoms with Crippen molar-refractivity contribution in [2.75, 3.05) is 0 Å². The summed E-state index contributed by atoms with van der Waals surface area (Å²) in [5, 5.41) is 13.0. The fraction of sp³-hybridized carbons (Fsp3) is 0.830. The van der Waals surface area contributed by atoms with Crippen molar-refractivity contribution in [3.63, 3.8) is 0 Å². The van der Waals surface area contributed by atoms with Crippen molar-refractivity contribution in [1.29, 1.82) is 0 Å². The van der Waals surface area contributed by atoms with Crippen LogP contribution in [0.3, 0.4) is 0 Å². The van der Waals surface area contributed by atoms with Gasteiger partial charge in [-0.3, -0.25) is 15.5 Å². The second kappa shape index (κ2) is 15.1. The fourth-order valence-corrected chi connectivity index (χ4v) is 14.3. The predicted molar refractivity (Wildman–Crippen MR) is 213 cm³/mol. The van der Waals surface area contributed by atoms with E-state index in [1.54, 1.807) is 0 Å². The molecular weight excluding hydrogens is 621 g/mol. The zero-order chi connectivity index (χ0) is 34.5. The average Bonchev–Trinajstić information content (AvgIpc) is 3.50. The first-order valence-corrected chi connectivity index (χ1v) is 22.7. The van der Waals surface area contributed by atoms with E-state index in [9.17, 15) is 0 Å². The third-order valence-corrected chi connectivity index (χ3v) is 17.0. The largest absolute Gasteiger partial charge is 0.306 e. The highest BCUT2D eigenvalue weighted by atomic mass is 15.3. The Morgan fingerprint density at radius 2 is 1.47 bits per heavy atom. The molecule has 4 saturated carbocycles. The van der Waals surface area contributed by atoms with Crippen molar-refractivity contribution in [2.24, 2.45) is 53.3 Å². The molecule has 6 fully saturated rings. The third kappa shape index (κ3) is 7.09. The van der Waals surface area contributed by atoms with Crippen molar-refractivity contribution in [2.45, 2.75) is 191 Å². The van der Waals surface area contributed by atoms with Crippen molar-refractivity contribution in [3.8, 4) is 0 Å². The van der Waals surface area contributed by atoms with E-state index in [-0.39, 0.29) is 0 Å². The maximum absolute atomic E-state index is 4.44. The highest BCUT2D eigenvalue weighted by Gasteiger charge is 2.55. The predicted octanol–water partition coefficient (Wildman–Crippen LogP) is 9.70. The third-order valence-electron chi connectivity index (χ3n) is 17.0. The molecule has 3 N–H and O–H groups in total. The quantitative estimate of drug-likeness (QED) is 0.242. The zero-order valence-electron chi connectivity index (χ0n) is 32.7. The second-order valence-corrected chi connectivity index (χ2v) is 20.3. The van der Waals surface area contributed by atoms with E-state index >= 15 is 0 Å². The summed E-state index contributed by atoms with van der Waals surface area (Å²) >= 11 is 0. The zero-order valence-corrected chi connectivity index (χ0v) is 32.7. The Hall–Kier alpha value is -1.20. The van der Waals surface area contributed by atoms with Gasteiger partial charge in [0.1, 0.15) is 0 Å². The lowest BCUT2D eigenvalue weighted by Gasteiger charge is -2.52. The molecule has 2 aliphatic heterocycles. The molecule has 0 aromatic carbocycles. The molecule has 4 nitrogen and oxygen atoms in total. The molecule has 282 valence electrons. The number of likely N-dealkylation sites (tertiary alicyclic amines) is 1. The van der Waals surface area contributed by atoms with Gasteiger partial charge < -0.3 is 5.32 Å². The number of hydrogen-bond acceptors (Lipinski definition) is 4. The summed E-state index contributed by atoms with van der Waals surface area (Å²) < 4.78 is 0. The van der Waals surface area contributed by atoms with E-state index in [0.29, 0.717) is 47.8 Å². The maximum Gasteiger partial charge on any atom is 0.0741 e. The van der Waals surface area contributed by atoms with Crippen LogP contribution in [0.15, 0.2) is 48.6 Å². The van der Waals surface area contributed by atoms with Crippen LogP contribution in [0.5, 0.6) is 0 Å². The summed E-state index contributed by atoms with van der Waals surface area (Å²) in [5.74, 6) is 7.14. The van der Waals surface area contributed by atoms with Gasteiger partial charge in [-0.1, -0.05) is 101 Å². The normalized spacial score (nSPS) is 49.6. The molecule has 0 aromatic rings. The molecule has 2 heterocycles. The van der Waals surface area contributed by atoms with Crippen LogP contribution in [0.25, 0.3) is 0 Å². The minimum Gasteiger partial charge on any atom is -0.306 e.